The molecular formula is C21H16F2O. The second kappa shape index (κ2) is 6.36. The molecule has 0 bridgehead atoms. The zero-order chi connectivity index (χ0) is 17.2. The van der Waals surface area contributed by atoms with Crippen molar-refractivity contribution in [3.63, 3.8) is 0 Å². The van der Waals surface area contributed by atoms with Gasteiger partial charge < -0.3 is 0 Å². The zero-order valence-corrected chi connectivity index (χ0v) is 13.2. The van der Waals surface area contributed by atoms with Gasteiger partial charge in [0.2, 0.25) is 0 Å². The van der Waals surface area contributed by atoms with Gasteiger partial charge in [0.25, 0.3) is 0 Å². The molecule has 0 saturated heterocycles. The largest absolute Gasteiger partial charge is 0.298 e. The van der Waals surface area contributed by atoms with E-state index in [9.17, 15) is 13.6 Å². The highest BCUT2D eigenvalue weighted by Crippen LogP contribution is 2.40. The highest BCUT2D eigenvalue weighted by Gasteiger charge is 2.41. The Labute approximate surface area is 139 Å². The van der Waals surface area contributed by atoms with Crippen molar-refractivity contribution >= 4 is 5.78 Å². The van der Waals surface area contributed by atoms with E-state index in [0.29, 0.717) is 16.7 Å². The number of hydrogen-bond acceptors (Lipinski definition) is 1. The van der Waals surface area contributed by atoms with Crippen molar-refractivity contribution in [2.24, 2.45) is 0 Å². The molecule has 3 rings (SSSR count). The Balaban J connectivity index is 2.41. The highest BCUT2D eigenvalue weighted by atomic mass is 19.1. The summed E-state index contributed by atoms with van der Waals surface area (Å²) in [5.74, 6) is -1.08. The van der Waals surface area contributed by atoms with E-state index in [1.165, 1.54) is 31.2 Å². The van der Waals surface area contributed by atoms with Gasteiger partial charge in [0.1, 0.15) is 22.8 Å². The van der Waals surface area contributed by atoms with Crippen LogP contribution in [0.15, 0.2) is 78.9 Å². The lowest BCUT2D eigenvalue weighted by Gasteiger charge is -2.33. The Morgan fingerprint density at radius 2 is 1.17 bits per heavy atom. The number of carbonyl (C=O) groups is 1. The number of hydrogen-bond donors (Lipinski definition) is 0. The molecule has 0 atom stereocenters. The molecule has 24 heavy (non-hydrogen) atoms. The van der Waals surface area contributed by atoms with Gasteiger partial charge in [0, 0.05) is 0 Å². The van der Waals surface area contributed by atoms with Gasteiger partial charge in [-0.2, -0.15) is 0 Å². The summed E-state index contributed by atoms with van der Waals surface area (Å²) in [6.45, 7) is 1.45. The summed E-state index contributed by atoms with van der Waals surface area (Å²) in [7, 11) is 0. The summed E-state index contributed by atoms with van der Waals surface area (Å²) in [5, 5.41) is 0. The van der Waals surface area contributed by atoms with E-state index in [4.69, 9.17) is 0 Å². The van der Waals surface area contributed by atoms with Crippen LogP contribution in [0.2, 0.25) is 0 Å². The topological polar surface area (TPSA) is 17.1 Å². The number of Topliss-reactive ketones (excluding diaryl/α,β-unsaturated/α-hetero) is 1. The molecule has 0 aromatic heterocycles. The van der Waals surface area contributed by atoms with Crippen LogP contribution in [0.4, 0.5) is 8.78 Å². The zero-order valence-electron chi connectivity index (χ0n) is 13.2. The van der Waals surface area contributed by atoms with Gasteiger partial charge in [0.05, 0.1) is 0 Å². The van der Waals surface area contributed by atoms with Crippen LogP contribution in [0.5, 0.6) is 0 Å². The third kappa shape index (κ3) is 2.62. The van der Waals surface area contributed by atoms with E-state index in [1.807, 2.05) is 18.2 Å². The van der Waals surface area contributed by atoms with E-state index in [-0.39, 0.29) is 5.78 Å². The number of halogens is 2. The first-order valence-corrected chi connectivity index (χ1v) is 7.64. The van der Waals surface area contributed by atoms with Crippen LogP contribution in [-0.4, -0.2) is 5.78 Å². The average molecular weight is 322 g/mol. The third-order valence-corrected chi connectivity index (χ3v) is 4.25. The van der Waals surface area contributed by atoms with Gasteiger partial charge in [-0.15, -0.1) is 0 Å². The molecule has 3 heteroatoms. The fraction of sp³-hybridized carbons (Fsp3) is 0.0952. The molecule has 0 aliphatic heterocycles. The van der Waals surface area contributed by atoms with Gasteiger partial charge in [0.15, 0.2) is 0 Å². The molecule has 0 saturated carbocycles. The molecule has 3 aromatic rings. The minimum Gasteiger partial charge on any atom is -0.298 e. The first-order valence-electron chi connectivity index (χ1n) is 7.64. The molecule has 0 radical (unpaired) electrons. The Kier molecular flexibility index (Phi) is 4.26. The van der Waals surface area contributed by atoms with Crippen molar-refractivity contribution in [2.45, 2.75) is 12.3 Å². The van der Waals surface area contributed by atoms with Crippen LogP contribution in [0.1, 0.15) is 23.6 Å². The van der Waals surface area contributed by atoms with Crippen LogP contribution in [0, 0.1) is 11.6 Å². The second-order valence-corrected chi connectivity index (χ2v) is 5.69. The molecule has 0 unspecified atom stereocenters. The fourth-order valence-corrected chi connectivity index (χ4v) is 3.24. The summed E-state index contributed by atoms with van der Waals surface area (Å²) in [6.07, 6.45) is 0. The van der Waals surface area contributed by atoms with E-state index < -0.39 is 17.0 Å². The van der Waals surface area contributed by atoms with Crippen LogP contribution < -0.4 is 0 Å². The van der Waals surface area contributed by atoms with Crippen LogP contribution >= 0.6 is 0 Å². The maximum absolute atomic E-state index is 13.9. The maximum atomic E-state index is 13.9. The van der Waals surface area contributed by atoms with Crippen molar-refractivity contribution in [2.75, 3.05) is 0 Å². The molecule has 120 valence electrons. The first kappa shape index (κ1) is 16.1. The summed E-state index contributed by atoms with van der Waals surface area (Å²) in [5.41, 5.74) is 0.373. The van der Waals surface area contributed by atoms with Crippen molar-refractivity contribution in [1.82, 2.24) is 0 Å². The molecular weight excluding hydrogens is 306 g/mol. The third-order valence-electron chi connectivity index (χ3n) is 4.25. The van der Waals surface area contributed by atoms with Gasteiger partial charge >= 0.3 is 0 Å². The first-order chi connectivity index (χ1) is 11.5. The van der Waals surface area contributed by atoms with E-state index >= 15 is 0 Å². The summed E-state index contributed by atoms with van der Waals surface area (Å²) < 4.78 is 27.8. The van der Waals surface area contributed by atoms with E-state index in [1.54, 1.807) is 36.4 Å². The van der Waals surface area contributed by atoms with Crippen molar-refractivity contribution in [1.29, 1.82) is 0 Å². The molecule has 0 aliphatic carbocycles. The lowest BCUT2D eigenvalue weighted by molar-refractivity contribution is -0.119. The molecule has 1 nitrogen and oxygen atoms in total. The lowest BCUT2D eigenvalue weighted by atomic mass is 9.67. The number of benzene rings is 3. The fourth-order valence-electron chi connectivity index (χ4n) is 3.24. The minimum absolute atomic E-state index is 0.204. The summed E-state index contributed by atoms with van der Waals surface area (Å²) in [6, 6.07) is 20.9. The van der Waals surface area contributed by atoms with E-state index in [2.05, 4.69) is 0 Å². The smallest absolute Gasteiger partial charge is 0.149 e. The Hall–Kier alpha value is -2.81. The number of rotatable bonds is 4. The predicted molar refractivity (Wildman–Crippen MR) is 89.8 cm³/mol. The standard InChI is InChI=1S/C21H16F2O/c1-15(24)21(16-7-3-2-4-8-16,17-9-5-11-19(22)13-17)18-10-6-12-20(23)14-18/h2-14H,1H3. The average Bonchev–Trinajstić information content (AvgIpc) is 2.56. The molecule has 3 aromatic carbocycles. The summed E-state index contributed by atoms with van der Waals surface area (Å²) >= 11 is 0. The minimum atomic E-state index is -1.26. The summed E-state index contributed by atoms with van der Waals surface area (Å²) in [4.78, 5) is 12.8. The normalized spacial score (nSPS) is 11.3. The molecule has 0 fully saturated rings. The molecule has 0 N–H and O–H groups in total. The highest BCUT2D eigenvalue weighted by molar-refractivity contribution is 5.96. The molecule has 0 aliphatic rings. The van der Waals surface area contributed by atoms with Crippen LogP contribution in [0.3, 0.4) is 0 Å². The van der Waals surface area contributed by atoms with Gasteiger partial charge in [-0.25, -0.2) is 8.78 Å². The van der Waals surface area contributed by atoms with E-state index in [0.717, 1.165) is 0 Å². The lowest BCUT2D eigenvalue weighted by Crippen LogP contribution is -2.37. The van der Waals surface area contributed by atoms with Gasteiger partial charge in [-0.1, -0.05) is 54.6 Å². The van der Waals surface area contributed by atoms with Crippen LogP contribution in [-0.2, 0) is 10.2 Å². The number of carbonyl (C=O) groups excluding carboxylic acids is 1. The quantitative estimate of drug-likeness (QED) is 0.625. The monoisotopic (exact) mass is 322 g/mol. The van der Waals surface area contributed by atoms with Gasteiger partial charge in [-0.3, -0.25) is 4.79 Å². The Bertz CT molecular complexity index is 826. The SMILES string of the molecule is CC(=O)C(c1ccccc1)(c1cccc(F)c1)c1cccc(F)c1. The maximum Gasteiger partial charge on any atom is 0.149 e. The van der Waals surface area contributed by atoms with Crippen molar-refractivity contribution in [3.05, 3.63) is 107 Å². The van der Waals surface area contributed by atoms with Crippen molar-refractivity contribution < 1.29 is 13.6 Å². The molecule has 0 heterocycles. The predicted octanol–water partition coefficient (Wildman–Crippen LogP) is 4.89. The Morgan fingerprint density at radius 3 is 1.58 bits per heavy atom. The number of ketones is 1. The van der Waals surface area contributed by atoms with Crippen molar-refractivity contribution in [3.8, 4) is 0 Å². The molecule has 0 spiro atoms. The molecule has 0 amide bonds. The Morgan fingerprint density at radius 1 is 0.708 bits per heavy atom. The second-order valence-electron chi connectivity index (χ2n) is 5.69. The van der Waals surface area contributed by atoms with Crippen LogP contribution in [0.25, 0.3) is 0 Å². The van der Waals surface area contributed by atoms with Gasteiger partial charge in [-0.05, 0) is 47.9 Å².